The summed E-state index contributed by atoms with van der Waals surface area (Å²) in [5.41, 5.74) is -1.49. The highest BCUT2D eigenvalue weighted by atomic mass is 19.4. The summed E-state index contributed by atoms with van der Waals surface area (Å²) in [4.78, 5) is 22.2. The van der Waals surface area contributed by atoms with Crippen LogP contribution in [0.25, 0.3) is 0 Å². The second-order valence-electron chi connectivity index (χ2n) is 4.56. The molecule has 114 valence electrons. The van der Waals surface area contributed by atoms with Crippen molar-refractivity contribution < 1.29 is 22.9 Å². The van der Waals surface area contributed by atoms with Gasteiger partial charge in [-0.15, -0.1) is 0 Å². The van der Waals surface area contributed by atoms with Crippen molar-refractivity contribution in [2.24, 2.45) is 0 Å². The molecule has 0 spiro atoms. The number of Topliss-reactive ketones (excluding diaryl/α,β-unsaturated/α-hetero) is 1. The molecular formula is C15H10F3NO3. The van der Waals surface area contributed by atoms with Crippen molar-refractivity contribution in [3.8, 4) is 0 Å². The molecule has 2 aromatic carbocycles. The molecule has 0 saturated carbocycles. The molecule has 0 aliphatic rings. The highest BCUT2D eigenvalue weighted by Gasteiger charge is 2.32. The van der Waals surface area contributed by atoms with Crippen molar-refractivity contribution in [2.75, 3.05) is 0 Å². The molecule has 22 heavy (non-hydrogen) atoms. The Morgan fingerprint density at radius 3 is 2.27 bits per heavy atom. The van der Waals surface area contributed by atoms with Crippen LogP contribution in [-0.2, 0) is 12.6 Å². The van der Waals surface area contributed by atoms with Crippen LogP contribution in [0.15, 0.2) is 48.5 Å². The summed E-state index contributed by atoms with van der Waals surface area (Å²) in [6.07, 6.45) is -5.09. The van der Waals surface area contributed by atoms with Gasteiger partial charge >= 0.3 is 6.18 Å². The number of hydrogen-bond acceptors (Lipinski definition) is 3. The van der Waals surface area contributed by atoms with Gasteiger partial charge in [0.25, 0.3) is 5.69 Å². The molecule has 0 atom stereocenters. The number of hydrogen-bond donors (Lipinski definition) is 0. The van der Waals surface area contributed by atoms with E-state index in [4.69, 9.17) is 0 Å². The molecule has 0 bridgehead atoms. The average molecular weight is 309 g/mol. The number of carbonyl (C=O) groups excluding carboxylic acids is 1. The molecule has 2 rings (SSSR count). The molecule has 4 nitrogen and oxygen atoms in total. The molecule has 0 heterocycles. The second-order valence-corrected chi connectivity index (χ2v) is 4.56. The fourth-order valence-corrected chi connectivity index (χ4v) is 1.98. The molecule has 0 radical (unpaired) electrons. The molecule has 0 aliphatic carbocycles. The maximum atomic E-state index is 12.7. The fourth-order valence-electron chi connectivity index (χ4n) is 1.98. The fraction of sp³-hybridized carbons (Fsp3) is 0.133. The lowest BCUT2D eigenvalue weighted by molar-refractivity contribution is -0.385. The van der Waals surface area contributed by atoms with Gasteiger partial charge in [0.15, 0.2) is 5.78 Å². The van der Waals surface area contributed by atoms with Crippen LogP contribution in [0.2, 0.25) is 0 Å². The lowest BCUT2D eigenvalue weighted by Crippen LogP contribution is -2.10. The number of carbonyl (C=O) groups is 1. The number of halogens is 3. The lowest BCUT2D eigenvalue weighted by Gasteiger charge is -2.09. The molecule has 0 saturated heterocycles. The minimum atomic E-state index is -4.63. The van der Waals surface area contributed by atoms with Gasteiger partial charge in [-0.2, -0.15) is 13.2 Å². The summed E-state index contributed by atoms with van der Waals surface area (Å²) < 4.78 is 38.1. The van der Waals surface area contributed by atoms with Crippen LogP contribution in [0, 0.1) is 10.1 Å². The first-order chi connectivity index (χ1) is 10.3. The van der Waals surface area contributed by atoms with E-state index in [1.165, 1.54) is 12.1 Å². The quantitative estimate of drug-likeness (QED) is 0.486. The van der Waals surface area contributed by atoms with E-state index in [0.717, 1.165) is 6.07 Å². The minimum Gasteiger partial charge on any atom is -0.294 e. The van der Waals surface area contributed by atoms with Crippen molar-refractivity contribution >= 4 is 11.5 Å². The number of nitrogens with zero attached hydrogens (tertiary/aromatic N) is 1. The molecule has 0 aliphatic heterocycles. The van der Waals surface area contributed by atoms with Gasteiger partial charge in [-0.1, -0.05) is 30.3 Å². The molecule has 0 unspecified atom stereocenters. The summed E-state index contributed by atoms with van der Waals surface area (Å²) in [6, 6.07) is 9.96. The van der Waals surface area contributed by atoms with Crippen LogP contribution in [0.5, 0.6) is 0 Å². The zero-order valence-electron chi connectivity index (χ0n) is 11.1. The maximum absolute atomic E-state index is 12.7. The largest absolute Gasteiger partial charge is 0.416 e. The topological polar surface area (TPSA) is 60.2 Å². The molecule has 0 aromatic heterocycles. The Labute approximate surface area is 123 Å². The van der Waals surface area contributed by atoms with Crippen LogP contribution >= 0.6 is 0 Å². The number of alkyl halides is 3. The Kier molecular flexibility index (Phi) is 4.25. The third kappa shape index (κ3) is 3.49. The van der Waals surface area contributed by atoms with E-state index in [0.29, 0.717) is 12.1 Å². The molecular weight excluding hydrogens is 299 g/mol. The molecule has 0 amide bonds. The van der Waals surface area contributed by atoms with Crippen molar-refractivity contribution in [1.29, 1.82) is 0 Å². The van der Waals surface area contributed by atoms with Crippen LogP contribution in [0.3, 0.4) is 0 Å². The first-order valence-electron chi connectivity index (χ1n) is 6.22. The standard InChI is InChI=1S/C15H10F3NO3/c16-15(17,18)12-6-7-13(19(21)22)11(8-12)9-14(20)10-4-2-1-3-5-10/h1-8H,9H2. The number of nitro benzene ring substituents is 1. The zero-order valence-corrected chi connectivity index (χ0v) is 11.1. The highest BCUT2D eigenvalue weighted by Crippen LogP contribution is 2.32. The summed E-state index contributed by atoms with van der Waals surface area (Å²) >= 11 is 0. The lowest BCUT2D eigenvalue weighted by atomic mass is 9.99. The molecule has 0 fully saturated rings. The normalized spacial score (nSPS) is 11.2. The number of rotatable bonds is 4. The van der Waals surface area contributed by atoms with E-state index in [9.17, 15) is 28.1 Å². The number of benzene rings is 2. The summed E-state index contributed by atoms with van der Waals surface area (Å²) in [5.74, 6) is -0.483. The number of ketones is 1. The summed E-state index contributed by atoms with van der Waals surface area (Å²) in [6.45, 7) is 0. The van der Waals surface area contributed by atoms with E-state index in [-0.39, 0.29) is 11.1 Å². The van der Waals surface area contributed by atoms with Crippen LogP contribution in [-0.4, -0.2) is 10.7 Å². The number of nitro groups is 1. The first kappa shape index (κ1) is 15.7. The monoisotopic (exact) mass is 309 g/mol. The van der Waals surface area contributed by atoms with Crippen LogP contribution in [0.4, 0.5) is 18.9 Å². The Bertz CT molecular complexity index is 712. The van der Waals surface area contributed by atoms with Crippen molar-refractivity contribution in [1.82, 2.24) is 0 Å². The van der Waals surface area contributed by atoms with Gasteiger partial charge in [0, 0.05) is 23.6 Å². The molecule has 0 N–H and O–H groups in total. The Balaban J connectivity index is 2.39. The third-order valence-corrected chi connectivity index (χ3v) is 3.05. The minimum absolute atomic E-state index is 0.256. The summed E-state index contributed by atoms with van der Waals surface area (Å²) in [7, 11) is 0. The van der Waals surface area contributed by atoms with Gasteiger partial charge in [0.1, 0.15) is 0 Å². The van der Waals surface area contributed by atoms with Crippen LogP contribution < -0.4 is 0 Å². The maximum Gasteiger partial charge on any atom is 0.416 e. The Hall–Kier alpha value is -2.70. The van der Waals surface area contributed by atoms with E-state index < -0.39 is 34.6 Å². The van der Waals surface area contributed by atoms with E-state index in [2.05, 4.69) is 0 Å². The van der Waals surface area contributed by atoms with Gasteiger partial charge in [-0.05, 0) is 12.1 Å². The zero-order chi connectivity index (χ0) is 16.3. The van der Waals surface area contributed by atoms with Gasteiger partial charge in [0.05, 0.1) is 10.5 Å². The van der Waals surface area contributed by atoms with Crippen LogP contribution in [0.1, 0.15) is 21.5 Å². The highest BCUT2D eigenvalue weighted by molar-refractivity contribution is 5.97. The first-order valence-corrected chi connectivity index (χ1v) is 6.22. The predicted molar refractivity (Wildman–Crippen MR) is 72.6 cm³/mol. The van der Waals surface area contributed by atoms with E-state index in [1.807, 2.05) is 0 Å². The van der Waals surface area contributed by atoms with Crippen molar-refractivity contribution in [3.05, 3.63) is 75.3 Å². The Morgan fingerprint density at radius 2 is 1.73 bits per heavy atom. The van der Waals surface area contributed by atoms with Crippen molar-refractivity contribution in [2.45, 2.75) is 12.6 Å². The van der Waals surface area contributed by atoms with E-state index >= 15 is 0 Å². The van der Waals surface area contributed by atoms with Gasteiger partial charge < -0.3 is 0 Å². The van der Waals surface area contributed by atoms with Crippen molar-refractivity contribution in [3.63, 3.8) is 0 Å². The third-order valence-electron chi connectivity index (χ3n) is 3.05. The smallest absolute Gasteiger partial charge is 0.294 e. The molecule has 2 aromatic rings. The predicted octanol–water partition coefficient (Wildman–Crippen LogP) is 4.04. The SMILES string of the molecule is O=C(Cc1cc(C(F)(F)F)ccc1[N+](=O)[O-])c1ccccc1. The second kappa shape index (κ2) is 5.97. The average Bonchev–Trinajstić information content (AvgIpc) is 2.47. The van der Waals surface area contributed by atoms with Gasteiger partial charge in [0.2, 0.25) is 0 Å². The van der Waals surface area contributed by atoms with Gasteiger partial charge in [-0.25, -0.2) is 0 Å². The molecule has 7 heteroatoms. The summed E-state index contributed by atoms with van der Waals surface area (Å²) in [5, 5.41) is 10.9. The van der Waals surface area contributed by atoms with E-state index in [1.54, 1.807) is 18.2 Å². The van der Waals surface area contributed by atoms with Gasteiger partial charge in [-0.3, -0.25) is 14.9 Å². The Morgan fingerprint density at radius 1 is 1.09 bits per heavy atom.